The van der Waals surface area contributed by atoms with E-state index in [0.717, 1.165) is 16.4 Å². The van der Waals surface area contributed by atoms with Gasteiger partial charge in [0, 0.05) is 5.56 Å². The number of fused-ring (bicyclic) bond motifs is 1. The van der Waals surface area contributed by atoms with E-state index in [2.05, 4.69) is 0 Å². The zero-order valence-corrected chi connectivity index (χ0v) is 22.5. The zero-order chi connectivity index (χ0) is 28.4. The van der Waals surface area contributed by atoms with Gasteiger partial charge in [0.2, 0.25) is 0 Å². The minimum atomic E-state index is -0.722. The number of ether oxygens (including phenoxy) is 1. The van der Waals surface area contributed by atoms with E-state index in [1.54, 1.807) is 42.5 Å². The van der Waals surface area contributed by atoms with Gasteiger partial charge in [-0.3, -0.25) is 19.2 Å². The molecule has 0 N–H and O–H groups in total. The predicted molar refractivity (Wildman–Crippen MR) is 147 cm³/mol. The average molecular weight is 559 g/mol. The molecule has 5 rings (SSSR count). The highest BCUT2D eigenvalue weighted by Gasteiger charge is 2.53. The van der Waals surface area contributed by atoms with Crippen LogP contribution < -0.4 is 4.74 Å². The molecule has 3 aromatic carbocycles. The molecule has 1 aliphatic carbocycles. The summed E-state index contributed by atoms with van der Waals surface area (Å²) in [5.41, 5.74) is 0.664. The molecule has 1 saturated carbocycles. The molecule has 2 fully saturated rings. The largest absolute Gasteiger partial charge is 0.423 e. The number of hydrazine groups is 1. The molecule has 8 nitrogen and oxygen atoms in total. The topological polar surface area (TPSA) is 101 Å². The van der Waals surface area contributed by atoms with Crippen molar-refractivity contribution in [1.82, 2.24) is 10.0 Å². The van der Waals surface area contributed by atoms with Crippen molar-refractivity contribution < 1.29 is 28.7 Å². The Hall–Kier alpha value is -4.30. The minimum absolute atomic E-state index is 0.0731. The smallest absolute Gasteiger partial charge is 0.343 e. The Balaban J connectivity index is 1.39. The fourth-order valence-corrected chi connectivity index (χ4v) is 5.51. The number of halogens is 1. The quantitative estimate of drug-likeness (QED) is 0.170. The monoisotopic (exact) mass is 558 g/mol. The third kappa shape index (κ3) is 5.40. The van der Waals surface area contributed by atoms with Gasteiger partial charge >= 0.3 is 5.97 Å². The first kappa shape index (κ1) is 27.3. The number of carbonyl (C=O) groups excluding carboxylic acids is 5. The minimum Gasteiger partial charge on any atom is -0.423 e. The molecule has 3 aromatic rings. The fourth-order valence-electron chi connectivity index (χ4n) is 5.29. The first-order valence-corrected chi connectivity index (χ1v) is 13.5. The Kier molecular flexibility index (Phi) is 7.80. The lowest BCUT2D eigenvalue weighted by molar-refractivity contribution is -0.154. The number of hydrogen-bond donors (Lipinski definition) is 0. The molecule has 9 heteroatoms. The summed E-state index contributed by atoms with van der Waals surface area (Å²) in [5.74, 6) is -3.25. The molecule has 3 amide bonds. The summed E-state index contributed by atoms with van der Waals surface area (Å²) in [6, 6.07) is 20.6. The predicted octanol–water partition coefficient (Wildman–Crippen LogP) is 5.22. The summed E-state index contributed by atoms with van der Waals surface area (Å²) >= 11 is 6.28. The van der Waals surface area contributed by atoms with Gasteiger partial charge < -0.3 is 4.74 Å². The van der Waals surface area contributed by atoms with Crippen LogP contribution in [0.5, 0.6) is 5.75 Å². The molecule has 1 aliphatic heterocycles. The van der Waals surface area contributed by atoms with Crippen LogP contribution in [-0.4, -0.2) is 46.0 Å². The van der Waals surface area contributed by atoms with E-state index in [9.17, 15) is 24.0 Å². The van der Waals surface area contributed by atoms with Gasteiger partial charge in [-0.25, -0.2) is 9.80 Å². The van der Waals surface area contributed by atoms with Gasteiger partial charge in [-0.2, -0.15) is 5.01 Å². The maximum absolute atomic E-state index is 13.7. The molecule has 0 unspecified atom stereocenters. The van der Waals surface area contributed by atoms with Gasteiger partial charge in [0.1, 0.15) is 12.3 Å². The summed E-state index contributed by atoms with van der Waals surface area (Å²) in [5, 5.41) is 1.91. The van der Waals surface area contributed by atoms with Crippen LogP contribution >= 0.6 is 11.6 Å². The third-order valence-corrected chi connectivity index (χ3v) is 7.76. The van der Waals surface area contributed by atoms with Crippen LogP contribution in [0.1, 0.15) is 57.3 Å². The first-order valence-electron chi connectivity index (χ1n) is 13.1. The van der Waals surface area contributed by atoms with Gasteiger partial charge in [0.15, 0.2) is 5.78 Å². The van der Waals surface area contributed by atoms with Gasteiger partial charge in [-0.15, -0.1) is 0 Å². The number of rotatable bonds is 7. The van der Waals surface area contributed by atoms with Gasteiger partial charge in [0.25, 0.3) is 17.7 Å². The molecule has 0 aromatic heterocycles. The van der Waals surface area contributed by atoms with Gasteiger partial charge in [0.05, 0.1) is 28.0 Å². The summed E-state index contributed by atoms with van der Waals surface area (Å²) in [7, 11) is 0. The second kappa shape index (κ2) is 11.4. The Labute approximate surface area is 236 Å². The van der Waals surface area contributed by atoms with Crippen molar-refractivity contribution in [3.63, 3.8) is 0 Å². The number of ketones is 1. The van der Waals surface area contributed by atoms with Gasteiger partial charge in [-0.1, -0.05) is 48.9 Å². The Morgan fingerprint density at radius 2 is 1.50 bits per heavy atom. The van der Waals surface area contributed by atoms with Crippen LogP contribution in [0.25, 0.3) is 0 Å². The van der Waals surface area contributed by atoms with Crippen molar-refractivity contribution >= 4 is 41.1 Å². The molecule has 0 radical (unpaired) electrons. The SMILES string of the molecule is C[C@@H]1CC[C@H]2C(=O)N(N(CC(=O)c3ccc(OC(=O)c4ccccc4)cc3)C(=O)c3ccccc3Cl)C(=O)[C@H]2C1. The number of Topliss-reactive ketones (excluding diaryl/α,β-unsaturated/α-hetero) is 1. The van der Waals surface area contributed by atoms with Crippen molar-refractivity contribution in [3.05, 3.63) is 101 Å². The molecule has 0 bridgehead atoms. The Bertz CT molecular complexity index is 1470. The van der Waals surface area contributed by atoms with E-state index < -0.39 is 47.9 Å². The molecule has 1 heterocycles. The first-order chi connectivity index (χ1) is 19.2. The molecule has 204 valence electrons. The number of esters is 1. The van der Waals surface area contributed by atoms with Crippen LogP contribution in [0.15, 0.2) is 78.9 Å². The molecule has 1 saturated heterocycles. The maximum Gasteiger partial charge on any atom is 0.343 e. The second-order valence-corrected chi connectivity index (χ2v) is 10.6. The van der Waals surface area contributed by atoms with Crippen molar-refractivity contribution in [3.8, 4) is 5.75 Å². The number of hydrogen-bond acceptors (Lipinski definition) is 6. The number of amides is 3. The van der Waals surface area contributed by atoms with Crippen LogP contribution in [0.4, 0.5) is 0 Å². The zero-order valence-electron chi connectivity index (χ0n) is 21.8. The standard InChI is InChI=1S/C31H27ClN2O6/c1-19-11-16-23-25(17-19)30(38)34(29(23)37)33(28(36)24-9-5-6-10-26(24)32)18-27(35)20-12-14-22(15-13-20)40-31(39)21-7-3-2-4-8-21/h2-10,12-15,19,23,25H,11,16-18H2,1H3/t19-,23-,25+/m1/s1. The number of nitrogens with zero attached hydrogens (tertiary/aromatic N) is 2. The number of imide groups is 1. The lowest BCUT2D eigenvalue weighted by Gasteiger charge is -2.30. The number of carbonyl (C=O) groups is 5. The van der Waals surface area contributed by atoms with E-state index >= 15 is 0 Å². The van der Waals surface area contributed by atoms with Crippen LogP contribution in [0.3, 0.4) is 0 Å². The van der Waals surface area contributed by atoms with E-state index in [-0.39, 0.29) is 27.8 Å². The van der Waals surface area contributed by atoms with Crippen molar-refractivity contribution in [2.45, 2.75) is 26.2 Å². The van der Waals surface area contributed by atoms with E-state index in [0.29, 0.717) is 18.4 Å². The summed E-state index contributed by atoms with van der Waals surface area (Å²) < 4.78 is 5.37. The maximum atomic E-state index is 13.7. The Morgan fingerprint density at radius 3 is 2.20 bits per heavy atom. The highest BCUT2D eigenvalue weighted by atomic mass is 35.5. The fraction of sp³-hybridized carbons (Fsp3) is 0.258. The highest BCUT2D eigenvalue weighted by molar-refractivity contribution is 6.34. The summed E-state index contributed by atoms with van der Waals surface area (Å²) in [6.07, 6.45) is 1.92. The van der Waals surface area contributed by atoms with Crippen molar-refractivity contribution in [2.24, 2.45) is 17.8 Å². The molecular weight excluding hydrogens is 532 g/mol. The highest BCUT2D eigenvalue weighted by Crippen LogP contribution is 2.41. The summed E-state index contributed by atoms with van der Waals surface area (Å²) in [4.78, 5) is 66.3. The van der Waals surface area contributed by atoms with Crippen molar-refractivity contribution in [1.29, 1.82) is 0 Å². The molecule has 40 heavy (non-hydrogen) atoms. The van der Waals surface area contributed by atoms with Gasteiger partial charge in [-0.05, 0) is 73.7 Å². The average Bonchev–Trinajstić information content (AvgIpc) is 3.20. The van der Waals surface area contributed by atoms with E-state index in [1.807, 2.05) is 6.92 Å². The molecule has 0 spiro atoms. The lowest BCUT2D eigenvalue weighted by Crippen LogP contribution is -2.52. The van der Waals surface area contributed by atoms with E-state index in [4.69, 9.17) is 16.3 Å². The van der Waals surface area contributed by atoms with Crippen molar-refractivity contribution in [2.75, 3.05) is 6.54 Å². The Morgan fingerprint density at radius 1 is 0.850 bits per heavy atom. The van der Waals surface area contributed by atoms with Crippen LogP contribution in [-0.2, 0) is 9.59 Å². The molecule has 2 aliphatic rings. The van der Waals surface area contributed by atoms with Crippen LogP contribution in [0, 0.1) is 17.8 Å². The third-order valence-electron chi connectivity index (χ3n) is 7.43. The molecular formula is C31H27ClN2O6. The summed E-state index contributed by atoms with van der Waals surface area (Å²) in [6.45, 7) is 1.48. The second-order valence-electron chi connectivity index (χ2n) is 10.2. The van der Waals surface area contributed by atoms with Crippen LogP contribution in [0.2, 0.25) is 5.02 Å². The molecule has 3 atom stereocenters. The lowest BCUT2D eigenvalue weighted by atomic mass is 9.76. The van der Waals surface area contributed by atoms with E-state index in [1.165, 1.54) is 36.4 Å². The number of benzene rings is 3. The normalized spacial score (nSPS) is 20.1.